The summed E-state index contributed by atoms with van der Waals surface area (Å²) < 4.78 is 26.9. The van der Waals surface area contributed by atoms with Crippen molar-refractivity contribution in [3.05, 3.63) is 46.4 Å². The normalized spacial score (nSPS) is 19.4. The number of sulfonamides is 1. The van der Waals surface area contributed by atoms with Gasteiger partial charge in [-0.1, -0.05) is 18.2 Å². The van der Waals surface area contributed by atoms with E-state index in [1.54, 1.807) is 37.5 Å². The number of aromatic nitrogens is 1. The molecule has 3 rings (SSSR count). The fraction of sp³-hybridized carbons (Fsp3) is 0.286. The number of hydrogen-bond donors (Lipinski definition) is 1. The predicted molar refractivity (Wildman–Crippen MR) is 82.8 cm³/mol. The molecule has 2 heterocycles. The van der Waals surface area contributed by atoms with E-state index in [-0.39, 0.29) is 10.8 Å². The first kappa shape index (κ1) is 15.1. The van der Waals surface area contributed by atoms with Gasteiger partial charge in [0, 0.05) is 18.6 Å². The van der Waals surface area contributed by atoms with Crippen LogP contribution in [-0.2, 0) is 27.8 Å². The molecule has 1 atom stereocenters. The fourth-order valence-electron chi connectivity index (χ4n) is 2.46. The van der Waals surface area contributed by atoms with Crippen molar-refractivity contribution in [1.82, 2.24) is 14.6 Å². The molecule has 116 valence electrons. The van der Waals surface area contributed by atoms with Crippen LogP contribution in [0.4, 0.5) is 0 Å². The van der Waals surface area contributed by atoms with E-state index in [4.69, 9.17) is 0 Å². The van der Waals surface area contributed by atoms with E-state index in [2.05, 4.69) is 9.71 Å². The first-order valence-electron chi connectivity index (χ1n) is 6.71. The number of likely N-dealkylation sites (N-methyl/N-ethyl adjacent to an activating group) is 1. The third-order valence-corrected chi connectivity index (χ3v) is 5.85. The molecule has 0 fully saturated rings. The fourth-order valence-corrected chi connectivity index (χ4v) is 4.57. The lowest BCUT2D eigenvalue weighted by Gasteiger charge is -2.28. The van der Waals surface area contributed by atoms with Crippen LogP contribution in [0.2, 0.25) is 0 Å². The van der Waals surface area contributed by atoms with Crippen LogP contribution < -0.4 is 4.72 Å². The Morgan fingerprint density at radius 2 is 2.23 bits per heavy atom. The lowest BCUT2D eigenvalue weighted by Crippen LogP contribution is -2.50. The maximum Gasteiger partial charge on any atom is 0.241 e. The number of amides is 1. The Morgan fingerprint density at radius 1 is 1.45 bits per heavy atom. The van der Waals surface area contributed by atoms with E-state index in [1.807, 2.05) is 5.38 Å². The Bertz CT molecular complexity index is 787. The van der Waals surface area contributed by atoms with E-state index in [1.165, 1.54) is 16.2 Å². The van der Waals surface area contributed by atoms with Gasteiger partial charge in [0.15, 0.2) is 0 Å². The molecular weight excluding hydrogens is 322 g/mol. The summed E-state index contributed by atoms with van der Waals surface area (Å²) in [6.45, 7) is 0.371. The number of carbonyl (C=O) groups is 1. The molecule has 0 saturated carbocycles. The van der Waals surface area contributed by atoms with Crippen LogP contribution in [0.25, 0.3) is 0 Å². The molecule has 6 nitrogen and oxygen atoms in total. The molecule has 1 aliphatic rings. The summed E-state index contributed by atoms with van der Waals surface area (Å²) in [5.74, 6) is -0.256. The maximum atomic E-state index is 12.5. The zero-order chi connectivity index (χ0) is 15.7. The van der Waals surface area contributed by atoms with Gasteiger partial charge in [-0.25, -0.2) is 13.4 Å². The number of nitrogens with one attached hydrogen (secondary N) is 1. The van der Waals surface area contributed by atoms with Gasteiger partial charge >= 0.3 is 0 Å². The van der Waals surface area contributed by atoms with Crippen LogP contribution >= 0.6 is 11.3 Å². The highest BCUT2D eigenvalue weighted by atomic mass is 32.2. The van der Waals surface area contributed by atoms with Crippen molar-refractivity contribution in [2.45, 2.75) is 23.9 Å². The number of fused-ring (bicyclic) bond motifs is 1. The third kappa shape index (κ3) is 2.90. The molecule has 2 aromatic rings. The summed E-state index contributed by atoms with van der Waals surface area (Å²) in [5.41, 5.74) is 0.669. The molecule has 1 amide bonds. The first-order chi connectivity index (χ1) is 10.5. The topological polar surface area (TPSA) is 79.4 Å². The molecule has 1 aromatic carbocycles. The number of nitrogens with zero attached hydrogens (tertiary/aromatic N) is 2. The van der Waals surface area contributed by atoms with Crippen LogP contribution in [0.3, 0.4) is 0 Å². The maximum absolute atomic E-state index is 12.5. The molecular formula is C14H15N3O3S2. The second-order valence-corrected chi connectivity index (χ2v) is 7.77. The minimum absolute atomic E-state index is 0.252. The molecule has 0 spiro atoms. The van der Waals surface area contributed by atoms with Gasteiger partial charge in [0.2, 0.25) is 15.9 Å². The summed E-state index contributed by atoms with van der Waals surface area (Å²) in [7, 11) is -1.99. The second kappa shape index (κ2) is 5.79. The largest absolute Gasteiger partial charge is 0.338 e. The number of carbonyl (C=O) groups excluding carboxylic acids is 1. The molecule has 22 heavy (non-hydrogen) atoms. The van der Waals surface area contributed by atoms with Gasteiger partial charge in [-0.2, -0.15) is 4.72 Å². The van der Waals surface area contributed by atoms with E-state index in [9.17, 15) is 13.2 Å². The van der Waals surface area contributed by atoms with Crippen LogP contribution in [0.1, 0.15) is 10.6 Å². The third-order valence-electron chi connectivity index (χ3n) is 3.51. The molecule has 1 aliphatic heterocycles. The molecule has 0 saturated heterocycles. The van der Waals surface area contributed by atoms with Crippen molar-refractivity contribution in [3.63, 3.8) is 0 Å². The minimum Gasteiger partial charge on any atom is -0.338 e. The Morgan fingerprint density at radius 3 is 2.95 bits per heavy atom. The molecule has 8 heteroatoms. The van der Waals surface area contributed by atoms with Crippen LogP contribution in [0.15, 0.2) is 40.7 Å². The van der Waals surface area contributed by atoms with Crippen LogP contribution in [0.5, 0.6) is 0 Å². The van der Waals surface area contributed by atoms with E-state index < -0.39 is 16.1 Å². The summed E-state index contributed by atoms with van der Waals surface area (Å²) in [6.07, 6.45) is 2.04. The van der Waals surface area contributed by atoms with Gasteiger partial charge in [0.05, 0.1) is 11.4 Å². The summed E-state index contributed by atoms with van der Waals surface area (Å²) in [5, 5.41) is 2.66. The van der Waals surface area contributed by atoms with Gasteiger partial charge in [-0.3, -0.25) is 4.79 Å². The van der Waals surface area contributed by atoms with Gasteiger partial charge < -0.3 is 4.90 Å². The zero-order valence-corrected chi connectivity index (χ0v) is 13.5. The first-order valence-corrected chi connectivity index (χ1v) is 9.07. The number of thiazole rings is 1. The van der Waals surface area contributed by atoms with Crippen molar-refractivity contribution in [1.29, 1.82) is 0 Å². The molecule has 0 aliphatic carbocycles. The lowest BCUT2D eigenvalue weighted by atomic mass is 10.1. The highest BCUT2D eigenvalue weighted by Gasteiger charge is 2.34. The van der Waals surface area contributed by atoms with E-state index >= 15 is 0 Å². The smallest absolute Gasteiger partial charge is 0.241 e. The number of benzene rings is 1. The Balaban J connectivity index is 1.80. The standard InChI is InChI=1S/C14H15N3O3S2/c1-17(9-13-15-6-7-21-13)14(18)11-8-10-4-2-3-5-12(10)22(19,20)16-11/h2-7,11,16H,8-9H2,1H3/t11-/m1/s1. The van der Waals surface area contributed by atoms with Crippen molar-refractivity contribution in [3.8, 4) is 0 Å². The van der Waals surface area contributed by atoms with E-state index in [0.29, 0.717) is 18.5 Å². The number of hydrogen-bond acceptors (Lipinski definition) is 5. The van der Waals surface area contributed by atoms with Gasteiger partial charge in [-0.05, 0) is 18.1 Å². The molecule has 1 aromatic heterocycles. The Labute approximate surface area is 132 Å². The predicted octanol–water partition coefficient (Wildman–Crippen LogP) is 1.00. The molecule has 0 bridgehead atoms. The average Bonchev–Trinajstić information content (AvgIpc) is 2.98. The van der Waals surface area contributed by atoms with Crippen LogP contribution in [-0.4, -0.2) is 37.3 Å². The van der Waals surface area contributed by atoms with Crippen LogP contribution in [0, 0.1) is 0 Å². The number of rotatable bonds is 3. The average molecular weight is 337 g/mol. The molecule has 1 N–H and O–H groups in total. The highest BCUT2D eigenvalue weighted by molar-refractivity contribution is 7.89. The lowest BCUT2D eigenvalue weighted by molar-refractivity contribution is -0.132. The monoisotopic (exact) mass is 337 g/mol. The Hall–Kier alpha value is -1.77. The SMILES string of the molecule is CN(Cc1nccs1)C(=O)[C@H]1Cc2ccccc2S(=O)(=O)N1. The quantitative estimate of drug-likeness (QED) is 0.906. The minimum atomic E-state index is -3.64. The Kier molecular flexibility index (Phi) is 3.98. The van der Waals surface area contributed by atoms with Gasteiger partial charge in [-0.15, -0.1) is 11.3 Å². The summed E-state index contributed by atoms with van der Waals surface area (Å²) in [6, 6.07) is 5.98. The van der Waals surface area contributed by atoms with Crippen molar-refractivity contribution < 1.29 is 13.2 Å². The van der Waals surface area contributed by atoms with Gasteiger partial charge in [0.1, 0.15) is 11.0 Å². The van der Waals surface area contributed by atoms with Gasteiger partial charge in [0.25, 0.3) is 0 Å². The van der Waals surface area contributed by atoms with Crippen molar-refractivity contribution >= 4 is 27.3 Å². The molecule has 0 radical (unpaired) electrons. The zero-order valence-electron chi connectivity index (χ0n) is 11.9. The summed E-state index contributed by atoms with van der Waals surface area (Å²) >= 11 is 1.46. The van der Waals surface area contributed by atoms with Crippen molar-refractivity contribution in [2.75, 3.05) is 7.05 Å². The highest BCUT2D eigenvalue weighted by Crippen LogP contribution is 2.23. The second-order valence-electron chi connectivity index (χ2n) is 5.11. The van der Waals surface area contributed by atoms with Crippen molar-refractivity contribution in [2.24, 2.45) is 0 Å². The van der Waals surface area contributed by atoms with E-state index in [0.717, 1.165) is 5.01 Å². The summed E-state index contributed by atoms with van der Waals surface area (Å²) in [4.78, 5) is 18.4. The molecule has 0 unspecified atom stereocenters.